The molecule has 1 aliphatic rings. The summed E-state index contributed by atoms with van der Waals surface area (Å²) < 4.78 is 4.93. The van der Waals surface area contributed by atoms with E-state index in [-0.39, 0.29) is 0 Å². The number of thiophene rings is 2. The number of aromatic nitrogens is 3. The van der Waals surface area contributed by atoms with Crippen molar-refractivity contribution in [2.75, 3.05) is 6.54 Å². The second kappa shape index (κ2) is 6.55. The molecule has 0 fully saturated rings. The summed E-state index contributed by atoms with van der Waals surface area (Å²) in [6, 6.07) is 6.85. The fraction of sp³-hybridized carbons (Fsp3) is 0.412. The van der Waals surface area contributed by atoms with Crippen molar-refractivity contribution in [3.63, 3.8) is 0 Å². The zero-order valence-corrected chi connectivity index (χ0v) is 16.3. The minimum atomic E-state index is 0.416. The highest BCUT2D eigenvalue weighted by Crippen LogP contribution is 2.33. The van der Waals surface area contributed by atoms with Crippen molar-refractivity contribution in [2.45, 2.75) is 39.5 Å². The first kappa shape index (κ1) is 16.2. The highest BCUT2D eigenvalue weighted by molar-refractivity contribution is 7.71. The number of fused-ring (bicyclic) bond motifs is 1. The summed E-state index contributed by atoms with van der Waals surface area (Å²) in [5, 5.41) is 9.13. The van der Waals surface area contributed by atoms with Crippen LogP contribution in [0.5, 0.6) is 0 Å². The lowest BCUT2D eigenvalue weighted by molar-refractivity contribution is 0.144. The standard InChI is InChI=1S/C17H20N4S3/c1-3-20-16(15-5-4-9-23-15)18-21(17(20)22)11-19-8-6-14-13(12(19)2)7-10-24-14/h4-5,7,9-10,12H,3,6,8,11H2,1-2H3/t12-/m0/s1. The molecule has 0 saturated heterocycles. The van der Waals surface area contributed by atoms with Crippen LogP contribution in [0.4, 0.5) is 0 Å². The van der Waals surface area contributed by atoms with E-state index in [2.05, 4.69) is 52.3 Å². The van der Waals surface area contributed by atoms with Gasteiger partial charge in [0.1, 0.15) is 0 Å². The van der Waals surface area contributed by atoms with Gasteiger partial charge in [0, 0.05) is 24.0 Å². The molecule has 4 nitrogen and oxygen atoms in total. The maximum atomic E-state index is 5.70. The Kier molecular flexibility index (Phi) is 4.42. The van der Waals surface area contributed by atoms with Crippen molar-refractivity contribution < 1.29 is 0 Å². The molecule has 0 aromatic carbocycles. The van der Waals surface area contributed by atoms with Gasteiger partial charge < -0.3 is 0 Å². The van der Waals surface area contributed by atoms with Gasteiger partial charge in [0.15, 0.2) is 10.6 Å². The number of hydrogen-bond donors (Lipinski definition) is 0. The predicted octanol–water partition coefficient (Wildman–Crippen LogP) is 4.80. The third-order valence-corrected chi connectivity index (χ3v) is 6.99. The quantitative estimate of drug-likeness (QED) is 0.612. The molecule has 0 N–H and O–H groups in total. The van der Waals surface area contributed by atoms with Crippen LogP contribution in [0.15, 0.2) is 29.0 Å². The molecule has 0 bridgehead atoms. The molecule has 1 atom stereocenters. The van der Waals surface area contributed by atoms with Crippen LogP contribution in [0.2, 0.25) is 0 Å². The Balaban J connectivity index is 1.65. The molecule has 24 heavy (non-hydrogen) atoms. The van der Waals surface area contributed by atoms with Crippen LogP contribution in [-0.2, 0) is 19.6 Å². The van der Waals surface area contributed by atoms with Crippen molar-refractivity contribution >= 4 is 34.9 Å². The lowest BCUT2D eigenvalue weighted by atomic mass is 10.0. The van der Waals surface area contributed by atoms with E-state index in [4.69, 9.17) is 17.3 Å². The molecule has 0 unspecified atom stereocenters. The van der Waals surface area contributed by atoms with Crippen molar-refractivity contribution in [1.82, 2.24) is 19.2 Å². The van der Waals surface area contributed by atoms with Crippen molar-refractivity contribution in [3.05, 3.63) is 44.2 Å². The molecule has 3 aromatic rings. The summed E-state index contributed by atoms with van der Waals surface area (Å²) in [5.74, 6) is 0.985. The van der Waals surface area contributed by atoms with Crippen molar-refractivity contribution in [3.8, 4) is 10.7 Å². The first-order chi connectivity index (χ1) is 11.7. The Morgan fingerprint density at radius 3 is 2.92 bits per heavy atom. The van der Waals surface area contributed by atoms with E-state index in [0.29, 0.717) is 6.04 Å². The van der Waals surface area contributed by atoms with Gasteiger partial charge in [0.25, 0.3) is 0 Å². The van der Waals surface area contributed by atoms with E-state index >= 15 is 0 Å². The minimum Gasteiger partial charge on any atom is -0.300 e. The van der Waals surface area contributed by atoms with Crippen LogP contribution < -0.4 is 0 Å². The second-order valence-electron chi connectivity index (χ2n) is 6.01. The van der Waals surface area contributed by atoms with Crippen LogP contribution >= 0.6 is 34.9 Å². The van der Waals surface area contributed by atoms with Crippen LogP contribution in [0, 0.1) is 4.77 Å². The van der Waals surface area contributed by atoms with Crippen LogP contribution in [0.3, 0.4) is 0 Å². The molecule has 126 valence electrons. The summed E-state index contributed by atoms with van der Waals surface area (Å²) in [6.07, 6.45) is 1.12. The maximum absolute atomic E-state index is 5.70. The van der Waals surface area contributed by atoms with E-state index < -0.39 is 0 Å². The zero-order chi connectivity index (χ0) is 16.7. The summed E-state index contributed by atoms with van der Waals surface area (Å²) in [4.78, 5) is 5.17. The fourth-order valence-electron chi connectivity index (χ4n) is 3.33. The van der Waals surface area contributed by atoms with E-state index in [9.17, 15) is 0 Å². The molecule has 0 radical (unpaired) electrons. The zero-order valence-electron chi connectivity index (χ0n) is 13.8. The Morgan fingerprint density at radius 1 is 1.29 bits per heavy atom. The van der Waals surface area contributed by atoms with E-state index in [0.717, 1.165) is 36.8 Å². The monoisotopic (exact) mass is 376 g/mol. The van der Waals surface area contributed by atoms with Gasteiger partial charge in [-0.3, -0.25) is 9.47 Å². The molecule has 0 saturated carbocycles. The maximum Gasteiger partial charge on any atom is 0.199 e. The van der Waals surface area contributed by atoms with Crippen LogP contribution in [-0.4, -0.2) is 25.8 Å². The molecular weight excluding hydrogens is 356 g/mol. The Hall–Kier alpha value is -1.28. The molecule has 3 aromatic heterocycles. The molecule has 7 heteroatoms. The van der Waals surface area contributed by atoms with Gasteiger partial charge in [-0.2, -0.15) is 0 Å². The SMILES string of the molecule is CCn1c(-c2cccs2)nn(CN2CCc3sccc3[C@@H]2C)c1=S. The summed E-state index contributed by atoms with van der Waals surface area (Å²) in [5.41, 5.74) is 1.46. The van der Waals surface area contributed by atoms with Crippen LogP contribution in [0.1, 0.15) is 30.3 Å². The average Bonchev–Trinajstić information content (AvgIpc) is 3.31. The normalized spacial score (nSPS) is 18.0. The Morgan fingerprint density at radius 2 is 2.17 bits per heavy atom. The minimum absolute atomic E-state index is 0.416. The second-order valence-corrected chi connectivity index (χ2v) is 8.32. The third kappa shape index (κ3) is 2.69. The lowest BCUT2D eigenvalue weighted by Gasteiger charge is -2.33. The van der Waals surface area contributed by atoms with Gasteiger partial charge in [-0.05, 0) is 60.9 Å². The molecular formula is C17H20N4S3. The van der Waals surface area contributed by atoms with E-state index in [1.165, 1.54) is 15.3 Å². The molecule has 0 amide bonds. The topological polar surface area (TPSA) is 26.0 Å². The largest absolute Gasteiger partial charge is 0.300 e. The van der Waals surface area contributed by atoms with E-state index in [1.54, 1.807) is 11.3 Å². The smallest absolute Gasteiger partial charge is 0.199 e. The summed E-state index contributed by atoms with van der Waals surface area (Å²) in [6.45, 7) is 7.06. The van der Waals surface area contributed by atoms with E-state index in [1.807, 2.05) is 16.0 Å². The van der Waals surface area contributed by atoms with Crippen molar-refractivity contribution in [1.29, 1.82) is 0 Å². The van der Waals surface area contributed by atoms with Gasteiger partial charge in [-0.1, -0.05) is 6.07 Å². The first-order valence-corrected chi connectivity index (χ1v) is 10.4. The molecule has 1 aliphatic heterocycles. The van der Waals surface area contributed by atoms with Gasteiger partial charge in [-0.15, -0.1) is 27.8 Å². The number of hydrogen-bond acceptors (Lipinski definition) is 5. The molecule has 4 rings (SSSR count). The van der Waals surface area contributed by atoms with Crippen LogP contribution in [0.25, 0.3) is 10.7 Å². The number of rotatable bonds is 4. The van der Waals surface area contributed by atoms with Gasteiger partial charge >= 0.3 is 0 Å². The van der Waals surface area contributed by atoms with Crippen molar-refractivity contribution in [2.24, 2.45) is 0 Å². The van der Waals surface area contributed by atoms with Gasteiger partial charge in [0.2, 0.25) is 0 Å². The highest BCUT2D eigenvalue weighted by Gasteiger charge is 2.25. The summed E-state index contributed by atoms with van der Waals surface area (Å²) >= 11 is 9.29. The lowest BCUT2D eigenvalue weighted by Crippen LogP contribution is -2.35. The van der Waals surface area contributed by atoms with Gasteiger partial charge in [0.05, 0.1) is 11.5 Å². The first-order valence-electron chi connectivity index (χ1n) is 8.21. The Labute approximate surface area is 155 Å². The third-order valence-electron chi connectivity index (χ3n) is 4.70. The molecule has 0 aliphatic carbocycles. The fourth-order valence-corrected chi connectivity index (χ4v) is 5.33. The highest BCUT2D eigenvalue weighted by atomic mass is 32.1. The molecule has 0 spiro atoms. The number of nitrogens with zero attached hydrogens (tertiary/aromatic N) is 4. The molecule has 4 heterocycles. The Bertz CT molecular complexity index is 887. The average molecular weight is 377 g/mol. The van der Waals surface area contributed by atoms with Gasteiger partial charge in [-0.25, -0.2) is 4.68 Å². The predicted molar refractivity (Wildman–Crippen MR) is 103 cm³/mol. The summed E-state index contributed by atoms with van der Waals surface area (Å²) in [7, 11) is 0.